The Bertz CT molecular complexity index is 862. The molecular weight excluding hydrogens is 335 g/mol. The molecule has 0 amide bonds. The monoisotopic (exact) mass is 346 g/mol. The second kappa shape index (κ2) is 6.90. The van der Waals surface area contributed by atoms with Crippen LogP contribution in [-0.2, 0) is 4.79 Å². The lowest BCUT2D eigenvalue weighted by atomic mass is 10.1. The number of ether oxygens (including phenoxy) is 2. The van der Waals surface area contributed by atoms with Crippen LogP contribution in [0.15, 0.2) is 60.7 Å². The molecule has 3 nitrogen and oxygen atoms in total. The molecule has 0 atom stereocenters. The summed E-state index contributed by atoms with van der Waals surface area (Å²) in [6, 6.07) is 18.2. The van der Waals surface area contributed by atoms with Crippen LogP contribution in [0, 0.1) is 0 Å². The number of hydrogen-bond acceptors (Lipinski definition) is 3. The van der Waals surface area contributed by atoms with Gasteiger partial charge in [-0.1, -0.05) is 53.5 Å². The maximum atomic E-state index is 11.8. The minimum atomic E-state index is -0.517. The van der Waals surface area contributed by atoms with Crippen molar-refractivity contribution in [2.24, 2.45) is 0 Å². The first kappa shape index (κ1) is 15.7. The first-order valence-electron chi connectivity index (χ1n) is 6.89. The molecule has 5 heteroatoms. The minimum Gasteiger partial charge on any atom is -0.482 e. The summed E-state index contributed by atoms with van der Waals surface area (Å²) in [5.41, 5.74) is 0. The van der Waals surface area contributed by atoms with Crippen molar-refractivity contribution in [2.75, 3.05) is 6.61 Å². The van der Waals surface area contributed by atoms with E-state index in [2.05, 4.69) is 0 Å². The molecule has 0 saturated carbocycles. The molecule has 3 rings (SSSR count). The third-order valence-corrected chi connectivity index (χ3v) is 3.94. The maximum absolute atomic E-state index is 11.8. The smallest absolute Gasteiger partial charge is 0.349 e. The Morgan fingerprint density at radius 1 is 0.826 bits per heavy atom. The summed E-state index contributed by atoms with van der Waals surface area (Å²) >= 11 is 11.7. The van der Waals surface area contributed by atoms with Crippen LogP contribution in [0.1, 0.15) is 0 Å². The predicted octanol–water partition coefficient (Wildman–Crippen LogP) is 5.13. The molecule has 0 N–H and O–H groups in total. The van der Waals surface area contributed by atoms with E-state index in [4.69, 9.17) is 32.7 Å². The average molecular weight is 347 g/mol. The lowest BCUT2D eigenvalue weighted by Crippen LogP contribution is -2.17. The molecule has 0 aliphatic heterocycles. The quantitative estimate of drug-likeness (QED) is 0.485. The number of halogens is 2. The van der Waals surface area contributed by atoms with Gasteiger partial charge in [0.2, 0.25) is 0 Å². The summed E-state index contributed by atoms with van der Waals surface area (Å²) in [4.78, 5) is 11.8. The Balaban J connectivity index is 1.62. The van der Waals surface area contributed by atoms with E-state index in [-0.39, 0.29) is 6.61 Å². The standard InChI is InChI=1S/C18H12Cl2O3/c19-16-8-7-15(10-17(16)20)23-18(21)11-22-14-6-5-12-3-1-2-4-13(12)9-14/h1-10H,11H2. The van der Waals surface area contributed by atoms with Crippen molar-refractivity contribution in [3.8, 4) is 11.5 Å². The van der Waals surface area contributed by atoms with Crippen molar-refractivity contribution in [2.45, 2.75) is 0 Å². The molecular formula is C18H12Cl2O3. The Morgan fingerprint density at radius 3 is 2.35 bits per heavy atom. The number of carbonyl (C=O) groups is 1. The fourth-order valence-electron chi connectivity index (χ4n) is 2.10. The number of hydrogen-bond donors (Lipinski definition) is 0. The predicted molar refractivity (Wildman–Crippen MR) is 91.5 cm³/mol. The molecule has 0 heterocycles. The highest BCUT2D eigenvalue weighted by molar-refractivity contribution is 6.42. The van der Waals surface area contributed by atoms with Gasteiger partial charge in [-0.05, 0) is 35.0 Å². The van der Waals surface area contributed by atoms with E-state index in [1.807, 2.05) is 42.5 Å². The first-order chi connectivity index (χ1) is 11.1. The van der Waals surface area contributed by atoms with E-state index < -0.39 is 5.97 Å². The van der Waals surface area contributed by atoms with Crippen molar-refractivity contribution in [3.63, 3.8) is 0 Å². The Hall–Kier alpha value is -2.23. The maximum Gasteiger partial charge on any atom is 0.349 e. The highest BCUT2D eigenvalue weighted by Crippen LogP contribution is 2.26. The van der Waals surface area contributed by atoms with Gasteiger partial charge < -0.3 is 9.47 Å². The molecule has 0 saturated heterocycles. The molecule has 0 fully saturated rings. The summed E-state index contributed by atoms with van der Waals surface area (Å²) in [5.74, 6) is 0.415. The van der Waals surface area contributed by atoms with Gasteiger partial charge in [-0.25, -0.2) is 4.79 Å². The van der Waals surface area contributed by atoms with Crippen LogP contribution in [-0.4, -0.2) is 12.6 Å². The van der Waals surface area contributed by atoms with Crippen LogP contribution < -0.4 is 9.47 Å². The summed E-state index contributed by atoms with van der Waals surface area (Å²) in [6.45, 7) is -0.196. The van der Waals surface area contributed by atoms with Crippen molar-refractivity contribution in [3.05, 3.63) is 70.7 Å². The van der Waals surface area contributed by atoms with Gasteiger partial charge in [0.25, 0.3) is 0 Å². The highest BCUT2D eigenvalue weighted by Gasteiger charge is 2.08. The summed E-state index contributed by atoms with van der Waals surface area (Å²) < 4.78 is 10.6. The molecule has 0 aliphatic rings. The molecule has 0 aliphatic carbocycles. The van der Waals surface area contributed by atoms with Gasteiger partial charge in [0, 0.05) is 6.07 Å². The largest absolute Gasteiger partial charge is 0.482 e. The van der Waals surface area contributed by atoms with Crippen LogP contribution in [0.5, 0.6) is 11.5 Å². The second-order valence-electron chi connectivity index (χ2n) is 4.85. The molecule has 0 unspecified atom stereocenters. The molecule has 0 spiro atoms. The number of fused-ring (bicyclic) bond motifs is 1. The SMILES string of the molecule is O=C(COc1ccc2ccccc2c1)Oc1ccc(Cl)c(Cl)c1. The zero-order chi connectivity index (χ0) is 16.2. The summed E-state index contributed by atoms with van der Waals surface area (Å²) in [7, 11) is 0. The minimum absolute atomic E-state index is 0.196. The Labute approximate surface area is 143 Å². The zero-order valence-electron chi connectivity index (χ0n) is 12.0. The number of rotatable bonds is 4. The van der Waals surface area contributed by atoms with E-state index in [1.54, 1.807) is 12.1 Å². The van der Waals surface area contributed by atoms with Gasteiger partial charge >= 0.3 is 5.97 Å². The normalized spacial score (nSPS) is 10.5. The fourth-order valence-corrected chi connectivity index (χ4v) is 2.39. The molecule has 0 radical (unpaired) electrons. The third kappa shape index (κ3) is 3.95. The molecule has 23 heavy (non-hydrogen) atoms. The van der Waals surface area contributed by atoms with E-state index in [0.29, 0.717) is 21.5 Å². The molecule has 116 valence electrons. The highest BCUT2D eigenvalue weighted by atomic mass is 35.5. The second-order valence-corrected chi connectivity index (χ2v) is 5.66. The van der Waals surface area contributed by atoms with Crippen LogP contribution in [0.3, 0.4) is 0 Å². The molecule has 0 aromatic heterocycles. The molecule has 0 bridgehead atoms. The Morgan fingerprint density at radius 2 is 1.57 bits per heavy atom. The van der Waals surface area contributed by atoms with Crippen LogP contribution in [0.4, 0.5) is 0 Å². The van der Waals surface area contributed by atoms with Gasteiger partial charge in [-0.3, -0.25) is 0 Å². The lowest BCUT2D eigenvalue weighted by Gasteiger charge is -2.08. The molecule has 3 aromatic rings. The first-order valence-corrected chi connectivity index (χ1v) is 7.65. The molecule has 3 aromatic carbocycles. The topological polar surface area (TPSA) is 35.5 Å². The lowest BCUT2D eigenvalue weighted by molar-refractivity contribution is -0.136. The zero-order valence-corrected chi connectivity index (χ0v) is 13.5. The van der Waals surface area contributed by atoms with Gasteiger partial charge in [-0.2, -0.15) is 0 Å². The van der Waals surface area contributed by atoms with Crippen molar-refractivity contribution >= 4 is 39.9 Å². The van der Waals surface area contributed by atoms with E-state index in [0.717, 1.165) is 10.8 Å². The van der Waals surface area contributed by atoms with Gasteiger partial charge in [0.05, 0.1) is 10.0 Å². The van der Waals surface area contributed by atoms with Gasteiger partial charge in [0.15, 0.2) is 6.61 Å². The van der Waals surface area contributed by atoms with E-state index in [9.17, 15) is 4.79 Å². The van der Waals surface area contributed by atoms with Gasteiger partial charge in [-0.15, -0.1) is 0 Å². The third-order valence-electron chi connectivity index (χ3n) is 3.20. The van der Waals surface area contributed by atoms with Crippen LogP contribution >= 0.6 is 23.2 Å². The van der Waals surface area contributed by atoms with Crippen molar-refractivity contribution in [1.82, 2.24) is 0 Å². The van der Waals surface area contributed by atoms with Crippen LogP contribution in [0.25, 0.3) is 10.8 Å². The fraction of sp³-hybridized carbons (Fsp3) is 0.0556. The summed E-state index contributed by atoms with van der Waals surface area (Å²) in [5, 5.41) is 2.88. The average Bonchev–Trinajstić information content (AvgIpc) is 2.56. The van der Waals surface area contributed by atoms with E-state index in [1.165, 1.54) is 6.07 Å². The van der Waals surface area contributed by atoms with Crippen LogP contribution in [0.2, 0.25) is 10.0 Å². The Kier molecular flexibility index (Phi) is 4.70. The van der Waals surface area contributed by atoms with Gasteiger partial charge in [0.1, 0.15) is 11.5 Å². The van der Waals surface area contributed by atoms with Crippen molar-refractivity contribution in [1.29, 1.82) is 0 Å². The number of benzene rings is 3. The number of esters is 1. The van der Waals surface area contributed by atoms with E-state index >= 15 is 0 Å². The van der Waals surface area contributed by atoms with Crippen molar-refractivity contribution < 1.29 is 14.3 Å². The summed E-state index contributed by atoms with van der Waals surface area (Å²) in [6.07, 6.45) is 0. The number of carbonyl (C=O) groups excluding carboxylic acids is 1.